The molecule has 0 aromatic heterocycles. The largest absolute Gasteiger partial charge is 0.380 e. The second kappa shape index (κ2) is 7.63. The van der Waals surface area contributed by atoms with Crippen LogP contribution in [0.2, 0.25) is 0 Å². The molecule has 1 saturated carbocycles. The summed E-state index contributed by atoms with van der Waals surface area (Å²) in [4.78, 5) is 13.7. The number of rotatable bonds is 9. The fourth-order valence-corrected chi connectivity index (χ4v) is 1.61. The number of likely N-dealkylation sites (N-methyl/N-ethyl adjacent to an activating group) is 1. The lowest BCUT2D eigenvalue weighted by atomic mass is 10.3. The van der Waals surface area contributed by atoms with Crippen molar-refractivity contribution < 1.29 is 9.53 Å². The molecule has 1 aliphatic carbocycles. The fourth-order valence-electron chi connectivity index (χ4n) is 1.61. The first kappa shape index (κ1) is 13.5. The van der Waals surface area contributed by atoms with Crippen molar-refractivity contribution in [3.05, 3.63) is 0 Å². The lowest BCUT2D eigenvalue weighted by Gasteiger charge is -2.20. The number of amides is 1. The van der Waals surface area contributed by atoms with Gasteiger partial charge in [0.2, 0.25) is 5.91 Å². The second-order valence-electron chi connectivity index (χ2n) is 4.15. The lowest BCUT2D eigenvalue weighted by molar-refractivity contribution is -0.131. The molecule has 1 amide bonds. The monoisotopic (exact) mass is 228 g/mol. The third-order valence-corrected chi connectivity index (χ3v) is 2.79. The van der Waals surface area contributed by atoms with Crippen molar-refractivity contribution in [1.82, 2.24) is 10.2 Å². The Morgan fingerprint density at radius 1 is 1.44 bits per heavy atom. The summed E-state index contributed by atoms with van der Waals surface area (Å²) in [7, 11) is 0. The van der Waals surface area contributed by atoms with Crippen LogP contribution in [0.1, 0.15) is 33.1 Å². The van der Waals surface area contributed by atoms with Gasteiger partial charge in [0.15, 0.2) is 0 Å². The van der Waals surface area contributed by atoms with Crippen LogP contribution in [0.25, 0.3) is 0 Å². The van der Waals surface area contributed by atoms with Gasteiger partial charge in [-0.05, 0) is 26.7 Å². The number of carbonyl (C=O) groups is 1. The van der Waals surface area contributed by atoms with E-state index in [2.05, 4.69) is 5.32 Å². The van der Waals surface area contributed by atoms with E-state index in [-0.39, 0.29) is 5.91 Å². The molecule has 0 radical (unpaired) electrons. The van der Waals surface area contributed by atoms with Crippen LogP contribution in [0.15, 0.2) is 0 Å². The van der Waals surface area contributed by atoms with Crippen molar-refractivity contribution in [2.24, 2.45) is 0 Å². The van der Waals surface area contributed by atoms with E-state index in [0.29, 0.717) is 25.6 Å². The molecule has 0 unspecified atom stereocenters. The number of nitrogens with one attached hydrogen (secondary N) is 1. The molecule has 94 valence electrons. The summed E-state index contributed by atoms with van der Waals surface area (Å²) in [5, 5.41) is 3.35. The van der Waals surface area contributed by atoms with Crippen molar-refractivity contribution in [2.45, 2.75) is 39.2 Å². The summed E-state index contributed by atoms with van der Waals surface area (Å²) in [6.07, 6.45) is 3.16. The molecule has 0 heterocycles. The molecule has 4 heteroatoms. The smallest absolute Gasteiger partial charge is 0.223 e. The first-order valence-electron chi connectivity index (χ1n) is 6.36. The van der Waals surface area contributed by atoms with Crippen LogP contribution in [-0.4, -0.2) is 49.7 Å². The molecule has 16 heavy (non-hydrogen) atoms. The zero-order valence-electron chi connectivity index (χ0n) is 10.5. The summed E-state index contributed by atoms with van der Waals surface area (Å²) in [5.41, 5.74) is 0. The van der Waals surface area contributed by atoms with Crippen LogP contribution in [-0.2, 0) is 9.53 Å². The molecule has 0 atom stereocenters. The van der Waals surface area contributed by atoms with Gasteiger partial charge in [-0.15, -0.1) is 0 Å². The lowest BCUT2D eigenvalue weighted by Crippen LogP contribution is -2.35. The topological polar surface area (TPSA) is 41.6 Å². The van der Waals surface area contributed by atoms with Crippen LogP contribution >= 0.6 is 0 Å². The minimum absolute atomic E-state index is 0.232. The summed E-state index contributed by atoms with van der Waals surface area (Å²) in [6.45, 7) is 7.65. The third-order valence-electron chi connectivity index (χ3n) is 2.79. The highest BCUT2D eigenvalue weighted by molar-refractivity contribution is 5.76. The molecule has 1 fully saturated rings. The summed E-state index contributed by atoms with van der Waals surface area (Å²) < 4.78 is 5.26. The Labute approximate surface area is 98.3 Å². The molecule has 0 aromatic rings. The highest BCUT2D eigenvalue weighted by atomic mass is 16.5. The summed E-state index contributed by atoms with van der Waals surface area (Å²) in [5.74, 6) is 0.232. The minimum Gasteiger partial charge on any atom is -0.380 e. The first-order chi connectivity index (χ1) is 7.77. The quantitative estimate of drug-likeness (QED) is 0.599. The Morgan fingerprint density at radius 3 is 2.75 bits per heavy atom. The van der Waals surface area contributed by atoms with Gasteiger partial charge in [-0.1, -0.05) is 0 Å². The number of ether oxygens (including phenoxy) is 1. The normalized spacial score (nSPS) is 15.1. The molecule has 0 saturated heterocycles. The Morgan fingerprint density at radius 2 is 2.19 bits per heavy atom. The maximum Gasteiger partial charge on any atom is 0.223 e. The Hall–Kier alpha value is -0.610. The van der Waals surface area contributed by atoms with Gasteiger partial charge < -0.3 is 15.0 Å². The third kappa shape index (κ3) is 5.47. The standard InChI is InChI=1S/C12H24N2O2/c1-3-14(9-10-16-4-2)12(15)7-8-13-11-5-6-11/h11,13H,3-10H2,1-2H3. The molecule has 0 bridgehead atoms. The van der Waals surface area contributed by atoms with Crippen LogP contribution in [0.3, 0.4) is 0 Å². The molecule has 4 nitrogen and oxygen atoms in total. The van der Waals surface area contributed by atoms with E-state index in [4.69, 9.17) is 4.74 Å². The average Bonchev–Trinajstić information content (AvgIpc) is 3.08. The van der Waals surface area contributed by atoms with Crippen LogP contribution in [0, 0.1) is 0 Å². The number of hydrogen-bond donors (Lipinski definition) is 1. The zero-order chi connectivity index (χ0) is 11.8. The van der Waals surface area contributed by atoms with Gasteiger partial charge in [0.25, 0.3) is 0 Å². The molecule has 0 spiro atoms. The molecule has 0 aliphatic heterocycles. The van der Waals surface area contributed by atoms with Gasteiger partial charge in [0.05, 0.1) is 6.61 Å². The number of carbonyl (C=O) groups excluding carboxylic acids is 1. The van der Waals surface area contributed by atoms with E-state index < -0.39 is 0 Å². The summed E-state index contributed by atoms with van der Waals surface area (Å²) in [6, 6.07) is 0.686. The maximum absolute atomic E-state index is 11.8. The van der Waals surface area contributed by atoms with Crippen molar-refractivity contribution in [2.75, 3.05) is 32.8 Å². The van der Waals surface area contributed by atoms with Crippen LogP contribution in [0.5, 0.6) is 0 Å². The van der Waals surface area contributed by atoms with Crippen molar-refractivity contribution >= 4 is 5.91 Å². The van der Waals surface area contributed by atoms with Gasteiger partial charge in [-0.2, -0.15) is 0 Å². The Balaban J connectivity index is 2.08. The highest BCUT2D eigenvalue weighted by Crippen LogP contribution is 2.18. The van der Waals surface area contributed by atoms with E-state index in [0.717, 1.165) is 19.7 Å². The van der Waals surface area contributed by atoms with Crippen molar-refractivity contribution in [3.8, 4) is 0 Å². The first-order valence-corrected chi connectivity index (χ1v) is 6.36. The maximum atomic E-state index is 11.8. The zero-order valence-corrected chi connectivity index (χ0v) is 10.5. The van der Waals surface area contributed by atoms with E-state index >= 15 is 0 Å². The predicted octanol–water partition coefficient (Wildman–Crippen LogP) is 1.01. The van der Waals surface area contributed by atoms with Gasteiger partial charge >= 0.3 is 0 Å². The van der Waals surface area contributed by atoms with Crippen molar-refractivity contribution in [1.29, 1.82) is 0 Å². The second-order valence-corrected chi connectivity index (χ2v) is 4.15. The highest BCUT2D eigenvalue weighted by Gasteiger charge is 2.20. The molecule has 1 aliphatic rings. The van der Waals surface area contributed by atoms with Gasteiger partial charge in [0, 0.05) is 38.7 Å². The molecular formula is C12H24N2O2. The molecule has 0 aromatic carbocycles. The van der Waals surface area contributed by atoms with Gasteiger partial charge in [0.1, 0.15) is 0 Å². The van der Waals surface area contributed by atoms with E-state index in [9.17, 15) is 4.79 Å². The van der Waals surface area contributed by atoms with Crippen LogP contribution in [0.4, 0.5) is 0 Å². The average molecular weight is 228 g/mol. The van der Waals surface area contributed by atoms with Gasteiger partial charge in [-0.25, -0.2) is 0 Å². The van der Waals surface area contributed by atoms with E-state index in [1.165, 1.54) is 12.8 Å². The van der Waals surface area contributed by atoms with E-state index in [1.807, 2.05) is 18.7 Å². The Bertz CT molecular complexity index is 205. The fraction of sp³-hybridized carbons (Fsp3) is 0.917. The number of hydrogen-bond acceptors (Lipinski definition) is 3. The van der Waals surface area contributed by atoms with Crippen LogP contribution < -0.4 is 5.32 Å². The summed E-state index contributed by atoms with van der Waals surface area (Å²) >= 11 is 0. The van der Waals surface area contributed by atoms with Crippen molar-refractivity contribution in [3.63, 3.8) is 0 Å². The molecule has 1 rings (SSSR count). The Kier molecular flexibility index (Phi) is 6.42. The number of nitrogens with zero attached hydrogens (tertiary/aromatic N) is 1. The minimum atomic E-state index is 0.232. The predicted molar refractivity (Wildman–Crippen MR) is 64.4 cm³/mol. The van der Waals surface area contributed by atoms with E-state index in [1.54, 1.807) is 0 Å². The SMILES string of the molecule is CCOCCN(CC)C(=O)CCNC1CC1. The molecule has 1 N–H and O–H groups in total. The molecular weight excluding hydrogens is 204 g/mol. The van der Waals surface area contributed by atoms with Gasteiger partial charge in [-0.3, -0.25) is 4.79 Å².